The summed E-state index contributed by atoms with van der Waals surface area (Å²) in [6, 6.07) is -7.37. The normalized spacial score (nSPS) is 29.0. The van der Waals surface area contributed by atoms with Crippen LogP contribution in [0.25, 0.3) is 0 Å². The number of phenols is 1. The number of primary amides is 1. The molecule has 16 N–H and O–H groups in total. The molecule has 3 aliphatic rings. The third-order valence-electron chi connectivity index (χ3n) is 14.3. The fourth-order valence-electron chi connectivity index (χ4n) is 9.79. The predicted octanol–water partition coefficient (Wildman–Crippen LogP) is -3.34. The quantitative estimate of drug-likeness (QED) is 0.0568. The van der Waals surface area contributed by atoms with Gasteiger partial charge in [-0.2, -0.15) is 0 Å². The molecular formula is C50H80N8O17. The van der Waals surface area contributed by atoms with E-state index in [0.717, 1.165) is 74.6 Å². The maximum atomic E-state index is 14.4. The van der Waals surface area contributed by atoms with Gasteiger partial charge in [-0.25, -0.2) is 0 Å². The van der Waals surface area contributed by atoms with E-state index in [-0.39, 0.29) is 24.2 Å². The summed E-state index contributed by atoms with van der Waals surface area (Å²) >= 11 is 0. The van der Waals surface area contributed by atoms with Gasteiger partial charge in [-0.15, -0.1) is 0 Å². The van der Waals surface area contributed by atoms with E-state index in [1.54, 1.807) is 0 Å². The number of benzene rings is 1. The molecule has 3 fully saturated rings. The highest BCUT2D eigenvalue weighted by atomic mass is 16.3. The largest absolute Gasteiger partial charge is 0.508 e. The lowest BCUT2D eigenvalue weighted by Gasteiger charge is -2.34. The second kappa shape index (κ2) is 29.1. The first-order valence-corrected chi connectivity index (χ1v) is 26.0. The van der Waals surface area contributed by atoms with Crippen molar-refractivity contribution >= 4 is 47.3 Å². The first-order valence-electron chi connectivity index (χ1n) is 26.0. The molecular weight excluding hydrogens is 985 g/mol. The molecule has 3 aliphatic heterocycles. The molecule has 3 saturated heterocycles. The van der Waals surface area contributed by atoms with Gasteiger partial charge < -0.3 is 88.1 Å². The van der Waals surface area contributed by atoms with Gasteiger partial charge in [0.15, 0.2) is 6.23 Å². The molecule has 422 valence electrons. The summed E-state index contributed by atoms with van der Waals surface area (Å²) in [7, 11) is 0. The number of aliphatic hydroxyl groups excluding tert-OH is 8. The summed E-state index contributed by atoms with van der Waals surface area (Å²) in [6.45, 7) is 6.76. The van der Waals surface area contributed by atoms with E-state index in [0.29, 0.717) is 29.6 Å². The van der Waals surface area contributed by atoms with E-state index < -0.39 is 165 Å². The van der Waals surface area contributed by atoms with Crippen molar-refractivity contribution in [2.24, 2.45) is 17.6 Å². The van der Waals surface area contributed by atoms with Gasteiger partial charge in [-0.1, -0.05) is 77.8 Å². The summed E-state index contributed by atoms with van der Waals surface area (Å²) in [4.78, 5) is 112. The smallest absolute Gasteiger partial charge is 0.248 e. The molecule has 1 aromatic carbocycles. The number of rotatable bonds is 20. The number of fused-ring (bicyclic) bond motifs is 2. The molecule has 1 aromatic rings. The topological polar surface area (TPSA) is 411 Å². The fraction of sp³-hybridized carbons (Fsp3) is 0.720. The maximum Gasteiger partial charge on any atom is 0.248 e. The van der Waals surface area contributed by atoms with Crippen LogP contribution in [0, 0.1) is 11.8 Å². The van der Waals surface area contributed by atoms with Gasteiger partial charge >= 0.3 is 0 Å². The number of hydrogen-bond donors (Lipinski definition) is 15. The Morgan fingerprint density at radius 1 is 0.720 bits per heavy atom. The zero-order valence-corrected chi connectivity index (χ0v) is 43.1. The Bertz CT molecular complexity index is 2100. The molecule has 25 heteroatoms. The van der Waals surface area contributed by atoms with E-state index in [9.17, 15) is 84.3 Å². The molecule has 0 radical (unpaired) electrons. The van der Waals surface area contributed by atoms with E-state index >= 15 is 0 Å². The summed E-state index contributed by atoms with van der Waals surface area (Å²) in [5, 5.41) is 110. The zero-order chi connectivity index (χ0) is 55.8. The zero-order valence-electron chi connectivity index (χ0n) is 43.1. The lowest BCUT2D eigenvalue weighted by Crippen LogP contribution is -2.64. The van der Waals surface area contributed by atoms with Gasteiger partial charge in [0.2, 0.25) is 47.3 Å². The lowest BCUT2D eigenvalue weighted by atomic mass is 9.91. The van der Waals surface area contributed by atoms with Crippen LogP contribution in [0.1, 0.15) is 129 Å². The Hall–Kier alpha value is -5.54. The van der Waals surface area contributed by atoms with Gasteiger partial charge in [0, 0.05) is 32.4 Å². The van der Waals surface area contributed by atoms with Crippen LogP contribution in [-0.2, 0) is 38.4 Å². The van der Waals surface area contributed by atoms with Crippen molar-refractivity contribution in [3.63, 3.8) is 0 Å². The van der Waals surface area contributed by atoms with Crippen molar-refractivity contribution in [1.82, 2.24) is 36.4 Å². The predicted molar refractivity (Wildman–Crippen MR) is 265 cm³/mol. The second-order valence-electron chi connectivity index (χ2n) is 20.6. The molecule has 0 aliphatic carbocycles. The van der Waals surface area contributed by atoms with Crippen LogP contribution < -0.4 is 32.3 Å². The van der Waals surface area contributed by atoms with Crippen molar-refractivity contribution in [3.05, 3.63) is 29.8 Å². The first-order chi connectivity index (χ1) is 35.3. The van der Waals surface area contributed by atoms with E-state index in [2.05, 4.69) is 47.4 Å². The Morgan fingerprint density at radius 2 is 1.32 bits per heavy atom. The van der Waals surface area contributed by atoms with Gasteiger partial charge in [-0.05, 0) is 55.7 Å². The highest BCUT2D eigenvalue weighted by molar-refractivity contribution is 5.98. The van der Waals surface area contributed by atoms with Crippen LogP contribution >= 0.6 is 0 Å². The van der Waals surface area contributed by atoms with E-state index in [4.69, 9.17) is 5.73 Å². The number of phenolic OH excluding ortho intramolecular Hbond substituents is 1. The minimum atomic E-state index is -2.36. The van der Waals surface area contributed by atoms with Crippen LogP contribution in [0.5, 0.6) is 5.75 Å². The Labute approximate surface area is 436 Å². The molecule has 4 unspecified atom stereocenters. The van der Waals surface area contributed by atoms with E-state index in [1.165, 1.54) is 6.42 Å². The number of aliphatic hydroxyl groups is 8. The lowest BCUT2D eigenvalue weighted by molar-refractivity contribution is -0.149. The van der Waals surface area contributed by atoms with Gasteiger partial charge in [0.1, 0.15) is 60.3 Å². The van der Waals surface area contributed by atoms with Gasteiger partial charge in [0.25, 0.3) is 0 Å². The SMILES string of the molecule is CCC(C)CC(C)CCCCCCCCC(=O)N[C@H]1C[C@@H](O)[C@@H](O)NC(=O)C2[C@@H](O)CCN2C(=O)[C@H]([C@H](O)CC(N)=O)NC(=O)[C@H]([C@H](O)[C@@H](O)c2ccc(O)cc2)NC(=O)C2C[C@@H](O)CN2C(=O)[C@H]([C@@H](C)O)NC1=O. The number of hydrogen-bond acceptors (Lipinski definition) is 17. The first kappa shape index (κ1) is 62.0. The van der Waals surface area contributed by atoms with Crippen molar-refractivity contribution in [2.75, 3.05) is 13.1 Å². The van der Waals surface area contributed by atoms with Crippen molar-refractivity contribution < 1.29 is 84.3 Å². The number of aromatic hydroxyl groups is 1. The number of amides is 8. The van der Waals surface area contributed by atoms with Crippen molar-refractivity contribution in [2.45, 2.75) is 203 Å². The van der Waals surface area contributed by atoms with Crippen LogP contribution in [0.4, 0.5) is 0 Å². The Balaban J connectivity index is 1.69. The average Bonchev–Trinajstić information content (AvgIpc) is 3.95. The Kier molecular flexibility index (Phi) is 24.1. The average molecular weight is 1070 g/mol. The fourth-order valence-corrected chi connectivity index (χ4v) is 9.79. The molecule has 3 heterocycles. The molecule has 0 aromatic heterocycles. The van der Waals surface area contributed by atoms with Crippen molar-refractivity contribution in [1.29, 1.82) is 0 Å². The molecule has 16 atom stereocenters. The molecule has 75 heavy (non-hydrogen) atoms. The molecule has 0 saturated carbocycles. The van der Waals surface area contributed by atoms with Gasteiger partial charge in [0.05, 0.1) is 30.8 Å². The third-order valence-corrected chi connectivity index (χ3v) is 14.3. The molecule has 0 spiro atoms. The number of carbonyl (C=O) groups excluding carboxylic acids is 8. The minimum absolute atomic E-state index is 0.0795. The third kappa shape index (κ3) is 17.8. The summed E-state index contributed by atoms with van der Waals surface area (Å²) in [6.07, 6.45) is -10.2. The molecule has 8 amide bonds. The number of nitrogens with one attached hydrogen (secondary N) is 5. The molecule has 0 bridgehead atoms. The number of nitrogens with two attached hydrogens (primary N) is 1. The highest BCUT2D eigenvalue weighted by Gasteiger charge is 2.49. The van der Waals surface area contributed by atoms with E-state index in [1.807, 2.05) is 0 Å². The second-order valence-corrected chi connectivity index (χ2v) is 20.6. The molecule has 25 nitrogen and oxygen atoms in total. The number of carbonyl (C=O) groups is 8. The number of nitrogens with zero attached hydrogens (tertiary/aromatic N) is 2. The highest BCUT2D eigenvalue weighted by Crippen LogP contribution is 2.27. The van der Waals surface area contributed by atoms with Gasteiger partial charge in [-0.3, -0.25) is 38.4 Å². The van der Waals surface area contributed by atoms with Crippen LogP contribution in [0.3, 0.4) is 0 Å². The Morgan fingerprint density at radius 3 is 1.95 bits per heavy atom. The number of unbranched alkanes of at least 4 members (excludes halogenated alkanes) is 5. The monoisotopic (exact) mass is 1060 g/mol. The van der Waals surface area contributed by atoms with Crippen LogP contribution in [0.15, 0.2) is 24.3 Å². The minimum Gasteiger partial charge on any atom is -0.508 e. The van der Waals surface area contributed by atoms with Crippen LogP contribution in [0.2, 0.25) is 0 Å². The maximum absolute atomic E-state index is 14.4. The van der Waals surface area contributed by atoms with Crippen LogP contribution in [-0.4, -0.2) is 195 Å². The summed E-state index contributed by atoms with van der Waals surface area (Å²) in [5.41, 5.74) is 5.21. The summed E-state index contributed by atoms with van der Waals surface area (Å²) < 4.78 is 0. The summed E-state index contributed by atoms with van der Waals surface area (Å²) in [5.74, 6) is -8.59. The standard InChI is InChI=1S/C50H80N8O17/c1-5-25(2)20-26(3)12-10-8-6-7-9-11-13-37(66)52-31-22-35(64)46(71)56-48(73)41-33(62)18-19-57(41)50(75)39(34(63)23-36(51)65)54-47(72)40(43(68)42(67)28-14-16-29(60)17-15-28)55-45(70)32-21-30(61)24-58(32)49(74)38(27(4)59)53-44(31)69/h14-17,25-27,30-35,38-43,46,59-64,67-68,71H,5-13,18-24H2,1-4H3,(H2,51,65)(H,52,66)(H,53,69)(H,54,72)(H,55,70)(H,56,73)/t25?,26?,27-,30-,31+,32?,33+,34-,35-,38+,39+,40+,41?,42+,43+,46-/m1/s1. The van der Waals surface area contributed by atoms with Crippen molar-refractivity contribution in [3.8, 4) is 5.75 Å². The molecule has 4 rings (SSSR count).